The molecule has 19 heavy (non-hydrogen) atoms. The van der Waals surface area contributed by atoms with Crippen LogP contribution in [0.3, 0.4) is 0 Å². The Morgan fingerprint density at radius 2 is 1.74 bits per heavy atom. The summed E-state index contributed by atoms with van der Waals surface area (Å²) in [4.78, 5) is 24.7. The second-order valence-corrected chi connectivity index (χ2v) is 4.81. The summed E-state index contributed by atoms with van der Waals surface area (Å²) in [5.41, 5.74) is 0.408. The number of carboxylic acid groups (broad SMARTS) is 1. The monoisotopic (exact) mass is 263 g/mol. The lowest BCUT2D eigenvalue weighted by Gasteiger charge is -2.27. The third kappa shape index (κ3) is 3.24. The number of benzene rings is 1. The average Bonchev–Trinajstić information content (AvgIpc) is 2.89. The van der Waals surface area contributed by atoms with E-state index in [9.17, 15) is 14.7 Å². The number of phenolic OH excluding ortho intramolecular Hbond substituents is 1. The number of nitrogens with zero attached hydrogens (tertiary/aromatic N) is 1. The summed E-state index contributed by atoms with van der Waals surface area (Å²) in [7, 11) is 0. The van der Waals surface area contributed by atoms with E-state index >= 15 is 0 Å². The van der Waals surface area contributed by atoms with E-state index < -0.39 is 5.97 Å². The van der Waals surface area contributed by atoms with E-state index in [-0.39, 0.29) is 24.2 Å². The van der Waals surface area contributed by atoms with E-state index in [0.29, 0.717) is 5.56 Å². The normalized spacial score (nSPS) is 15.4. The number of aliphatic carboxylic acids is 1. The van der Waals surface area contributed by atoms with Crippen LogP contribution in [0.5, 0.6) is 5.75 Å². The number of hydrogen-bond donors (Lipinski definition) is 2. The second-order valence-electron chi connectivity index (χ2n) is 4.81. The van der Waals surface area contributed by atoms with Gasteiger partial charge in [-0.1, -0.05) is 12.8 Å². The maximum Gasteiger partial charge on any atom is 0.323 e. The lowest BCUT2D eigenvalue weighted by Crippen LogP contribution is -2.42. The Labute approximate surface area is 111 Å². The minimum Gasteiger partial charge on any atom is -0.508 e. The first-order valence-corrected chi connectivity index (χ1v) is 6.39. The Kier molecular flexibility index (Phi) is 4.04. The van der Waals surface area contributed by atoms with Crippen LogP contribution in [-0.4, -0.2) is 39.6 Å². The second kappa shape index (κ2) is 5.73. The summed E-state index contributed by atoms with van der Waals surface area (Å²) in [6, 6.07) is 5.90. The van der Waals surface area contributed by atoms with Gasteiger partial charge in [0.25, 0.3) is 5.91 Å². The van der Waals surface area contributed by atoms with Crippen LogP contribution in [0, 0.1) is 0 Å². The number of rotatable bonds is 4. The summed E-state index contributed by atoms with van der Waals surface area (Å²) in [6.45, 7) is -0.273. The Morgan fingerprint density at radius 3 is 2.26 bits per heavy atom. The first-order valence-electron chi connectivity index (χ1n) is 6.39. The highest BCUT2D eigenvalue weighted by molar-refractivity contribution is 5.96. The number of amides is 1. The fourth-order valence-electron chi connectivity index (χ4n) is 2.50. The lowest BCUT2D eigenvalue weighted by molar-refractivity contribution is -0.138. The van der Waals surface area contributed by atoms with E-state index in [0.717, 1.165) is 25.7 Å². The number of carbonyl (C=O) groups is 2. The number of phenols is 1. The van der Waals surface area contributed by atoms with Crippen molar-refractivity contribution in [3.8, 4) is 5.75 Å². The molecule has 1 saturated carbocycles. The molecule has 0 spiro atoms. The minimum absolute atomic E-state index is 0.0115. The van der Waals surface area contributed by atoms with E-state index in [1.807, 2.05) is 0 Å². The maximum absolute atomic E-state index is 12.4. The van der Waals surface area contributed by atoms with Crippen LogP contribution in [0.15, 0.2) is 24.3 Å². The van der Waals surface area contributed by atoms with E-state index in [1.165, 1.54) is 29.2 Å². The van der Waals surface area contributed by atoms with Crippen molar-refractivity contribution in [2.24, 2.45) is 0 Å². The van der Waals surface area contributed by atoms with Gasteiger partial charge in [-0.05, 0) is 37.1 Å². The zero-order chi connectivity index (χ0) is 13.8. The van der Waals surface area contributed by atoms with Gasteiger partial charge >= 0.3 is 5.97 Å². The van der Waals surface area contributed by atoms with Crippen LogP contribution in [0.4, 0.5) is 0 Å². The minimum atomic E-state index is -1.00. The van der Waals surface area contributed by atoms with Crippen LogP contribution >= 0.6 is 0 Å². The molecule has 2 N–H and O–H groups in total. The molecular formula is C14H17NO4. The molecule has 0 radical (unpaired) electrons. The van der Waals surface area contributed by atoms with Crippen LogP contribution < -0.4 is 0 Å². The van der Waals surface area contributed by atoms with Crippen molar-refractivity contribution in [1.29, 1.82) is 0 Å². The maximum atomic E-state index is 12.4. The molecule has 0 aromatic heterocycles. The van der Waals surface area contributed by atoms with Crippen molar-refractivity contribution < 1.29 is 19.8 Å². The van der Waals surface area contributed by atoms with Crippen molar-refractivity contribution in [1.82, 2.24) is 4.90 Å². The van der Waals surface area contributed by atoms with Gasteiger partial charge < -0.3 is 15.1 Å². The van der Waals surface area contributed by atoms with Gasteiger partial charge in [0.1, 0.15) is 12.3 Å². The van der Waals surface area contributed by atoms with Crippen LogP contribution in [0.2, 0.25) is 0 Å². The van der Waals surface area contributed by atoms with Gasteiger partial charge in [0.2, 0.25) is 0 Å². The summed E-state index contributed by atoms with van der Waals surface area (Å²) < 4.78 is 0. The molecule has 1 aromatic rings. The van der Waals surface area contributed by atoms with Crippen molar-refractivity contribution in [2.75, 3.05) is 6.54 Å². The zero-order valence-electron chi connectivity index (χ0n) is 10.6. The van der Waals surface area contributed by atoms with E-state index in [1.54, 1.807) is 0 Å². The molecule has 0 heterocycles. The first kappa shape index (κ1) is 13.4. The third-order valence-electron chi connectivity index (χ3n) is 3.45. The smallest absolute Gasteiger partial charge is 0.323 e. The molecule has 102 valence electrons. The van der Waals surface area contributed by atoms with Gasteiger partial charge in [-0.3, -0.25) is 9.59 Å². The Bertz CT molecular complexity index is 463. The van der Waals surface area contributed by atoms with Gasteiger partial charge in [0.15, 0.2) is 0 Å². The van der Waals surface area contributed by atoms with E-state index in [2.05, 4.69) is 0 Å². The van der Waals surface area contributed by atoms with Gasteiger partial charge in [0.05, 0.1) is 0 Å². The fourth-order valence-corrected chi connectivity index (χ4v) is 2.50. The topological polar surface area (TPSA) is 77.8 Å². The molecule has 1 aromatic carbocycles. The molecule has 1 fully saturated rings. The van der Waals surface area contributed by atoms with Crippen LogP contribution in [0.25, 0.3) is 0 Å². The molecule has 5 heteroatoms. The molecule has 1 amide bonds. The lowest BCUT2D eigenvalue weighted by atomic mass is 10.1. The van der Waals surface area contributed by atoms with Gasteiger partial charge in [-0.15, -0.1) is 0 Å². The zero-order valence-corrected chi connectivity index (χ0v) is 10.6. The van der Waals surface area contributed by atoms with Crippen molar-refractivity contribution in [3.63, 3.8) is 0 Å². The molecule has 0 saturated heterocycles. The molecular weight excluding hydrogens is 246 g/mol. The fraction of sp³-hybridized carbons (Fsp3) is 0.429. The number of hydrogen-bond acceptors (Lipinski definition) is 3. The highest BCUT2D eigenvalue weighted by atomic mass is 16.4. The summed E-state index contributed by atoms with van der Waals surface area (Å²) in [5, 5.41) is 18.2. The predicted molar refractivity (Wildman–Crippen MR) is 69.0 cm³/mol. The molecule has 1 aliphatic carbocycles. The first-order chi connectivity index (χ1) is 9.08. The van der Waals surface area contributed by atoms with Gasteiger partial charge in [-0.25, -0.2) is 0 Å². The summed E-state index contributed by atoms with van der Waals surface area (Å²) in [6.07, 6.45) is 3.78. The summed E-state index contributed by atoms with van der Waals surface area (Å²) >= 11 is 0. The molecule has 5 nitrogen and oxygen atoms in total. The molecule has 0 aliphatic heterocycles. The number of carboxylic acids is 1. The number of carbonyl (C=O) groups excluding carboxylic acids is 1. The highest BCUT2D eigenvalue weighted by Gasteiger charge is 2.28. The van der Waals surface area contributed by atoms with Crippen molar-refractivity contribution in [3.05, 3.63) is 29.8 Å². The predicted octanol–water partition coefficient (Wildman–Crippen LogP) is 1.86. The molecule has 0 atom stereocenters. The molecule has 0 bridgehead atoms. The molecule has 1 aliphatic rings. The van der Waals surface area contributed by atoms with Crippen molar-refractivity contribution in [2.45, 2.75) is 31.7 Å². The highest BCUT2D eigenvalue weighted by Crippen LogP contribution is 2.25. The number of aromatic hydroxyl groups is 1. The third-order valence-corrected chi connectivity index (χ3v) is 3.45. The van der Waals surface area contributed by atoms with Gasteiger partial charge in [-0.2, -0.15) is 0 Å². The van der Waals surface area contributed by atoms with Gasteiger partial charge in [0, 0.05) is 11.6 Å². The van der Waals surface area contributed by atoms with Crippen molar-refractivity contribution >= 4 is 11.9 Å². The van der Waals surface area contributed by atoms with Crippen LogP contribution in [-0.2, 0) is 4.79 Å². The standard InChI is InChI=1S/C14H17NO4/c16-12-7-5-10(6-8-12)14(19)15(9-13(17)18)11-3-1-2-4-11/h5-8,11,16H,1-4,9H2,(H,17,18). The van der Waals surface area contributed by atoms with Crippen LogP contribution in [0.1, 0.15) is 36.0 Å². The SMILES string of the molecule is O=C(O)CN(C(=O)c1ccc(O)cc1)C1CCCC1. The quantitative estimate of drug-likeness (QED) is 0.869. The molecule has 0 unspecified atom stereocenters. The Morgan fingerprint density at radius 1 is 1.16 bits per heavy atom. The Balaban J connectivity index is 2.18. The molecule has 2 rings (SSSR count). The Hall–Kier alpha value is -2.04. The summed E-state index contributed by atoms with van der Waals surface area (Å²) in [5.74, 6) is -1.20. The van der Waals surface area contributed by atoms with E-state index in [4.69, 9.17) is 5.11 Å². The largest absolute Gasteiger partial charge is 0.508 e. The average molecular weight is 263 g/mol.